The normalized spacial score (nSPS) is 21.3. The van der Waals surface area contributed by atoms with Crippen LogP contribution < -0.4 is 0 Å². The molecule has 0 amide bonds. The second-order valence-electron chi connectivity index (χ2n) is 12.4. The quantitative estimate of drug-likeness (QED) is 0.433. The second-order valence-corrected chi connectivity index (χ2v) is 12.4. The van der Waals surface area contributed by atoms with Crippen LogP contribution in [0.15, 0.2) is 35.4 Å². The summed E-state index contributed by atoms with van der Waals surface area (Å²) < 4.78 is 0. The average molecular weight is 453 g/mol. The fourth-order valence-corrected chi connectivity index (χ4v) is 7.17. The maximum absolute atomic E-state index is 2.61. The van der Waals surface area contributed by atoms with Gasteiger partial charge in [-0.3, -0.25) is 0 Å². The van der Waals surface area contributed by atoms with E-state index in [2.05, 4.69) is 91.8 Å². The van der Waals surface area contributed by atoms with Crippen LogP contribution in [0.3, 0.4) is 0 Å². The zero-order valence-corrected chi connectivity index (χ0v) is 22.8. The molecule has 180 valence electrons. The molecule has 2 aromatic rings. The van der Waals surface area contributed by atoms with E-state index in [4.69, 9.17) is 0 Å². The van der Waals surface area contributed by atoms with Crippen molar-refractivity contribution in [2.45, 2.75) is 117 Å². The van der Waals surface area contributed by atoms with E-state index in [-0.39, 0.29) is 0 Å². The van der Waals surface area contributed by atoms with Crippen LogP contribution in [0.2, 0.25) is 0 Å². The summed E-state index contributed by atoms with van der Waals surface area (Å²) in [5.74, 6) is 3.55. The number of benzene rings is 2. The van der Waals surface area contributed by atoms with Gasteiger partial charge in [0, 0.05) is 11.8 Å². The molecule has 0 N–H and O–H groups in total. The molecule has 0 heteroatoms. The lowest BCUT2D eigenvalue weighted by atomic mass is 9.75. The molecule has 0 aromatic heterocycles. The summed E-state index contributed by atoms with van der Waals surface area (Å²) >= 11 is 0. The Balaban J connectivity index is 1.58. The first-order chi connectivity index (χ1) is 16.2. The van der Waals surface area contributed by atoms with Crippen molar-refractivity contribution in [1.82, 2.24) is 0 Å². The Morgan fingerprint density at radius 3 is 1.15 bits per heavy atom. The molecule has 0 saturated heterocycles. The van der Waals surface area contributed by atoms with Crippen LogP contribution in [0.4, 0.5) is 0 Å². The van der Waals surface area contributed by atoms with Gasteiger partial charge in [-0.05, 0) is 93.9 Å². The van der Waals surface area contributed by atoms with Crippen LogP contribution in [0.5, 0.6) is 0 Å². The van der Waals surface area contributed by atoms with Crippen molar-refractivity contribution in [3.63, 3.8) is 0 Å². The fourth-order valence-electron chi connectivity index (χ4n) is 7.17. The van der Waals surface area contributed by atoms with Crippen molar-refractivity contribution in [2.24, 2.45) is 0 Å². The van der Waals surface area contributed by atoms with E-state index < -0.39 is 0 Å². The van der Waals surface area contributed by atoms with Crippen molar-refractivity contribution in [1.29, 1.82) is 0 Å². The Bertz CT molecular complexity index is 1070. The molecule has 1 fully saturated rings. The van der Waals surface area contributed by atoms with Crippen LogP contribution in [0.1, 0.15) is 161 Å². The highest BCUT2D eigenvalue weighted by molar-refractivity contribution is 5.74. The van der Waals surface area contributed by atoms with Crippen LogP contribution >= 0.6 is 0 Å². The third-order valence-electron chi connectivity index (χ3n) is 8.90. The van der Waals surface area contributed by atoms with Gasteiger partial charge in [0.25, 0.3) is 0 Å². The number of rotatable bonds is 4. The molecular formula is C34H44. The van der Waals surface area contributed by atoms with Crippen molar-refractivity contribution >= 4 is 12.2 Å². The molecule has 0 bridgehead atoms. The van der Waals surface area contributed by atoms with Gasteiger partial charge in [0.1, 0.15) is 0 Å². The van der Waals surface area contributed by atoms with Crippen molar-refractivity contribution in [3.8, 4) is 0 Å². The number of allylic oxidation sites excluding steroid dienone is 2. The number of hydrogen-bond donors (Lipinski definition) is 0. The first kappa shape index (κ1) is 23.7. The summed E-state index contributed by atoms with van der Waals surface area (Å²) in [6.45, 7) is 18.9. The molecule has 5 rings (SSSR count). The first-order valence-corrected chi connectivity index (χ1v) is 13.9. The zero-order valence-electron chi connectivity index (χ0n) is 22.8. The van der Waals surface area contributed by atoms with Gasteiger partial charge in [-0.25, -0.2) is 0 Å². The highest BCUT2D eigenvalue weighted by atomic mass is 14.4. The van der Waals surface area contributed by atoms with Gasteiger partial charge >= 0.3 is 0 Å². The van der Waals surface area contributed by atoms with Gasteiger partial charge in [-0.15, -0.1) is 0 Å². The zero-order chi connectivity index (χ0) is 24.3. The predicted octanol–water partition coefficient (Wildman–Crippen LogP) is 10.4. The first-order valence-electron chi connectivity index (χ1n) is 13.9. The standard InChI is InChI=1S/C34H44/c1-19(2)25-11-13-27(21(5)6)33-29-15-16-30-24(10-9-23(29)17-31(25)33)18-32-26(20(3)4)12-14-28(22(7)8)34(30)32/h11-14,17-22,29-30H,9-10,15-16H2,1-8H3. The van der Waals surface area contributed by atoms with Gasteiger partial charge in [-0.2, -0.15) is 0 Å². The minimum absolute atomic E-state index is 0.577. The van der Waals surface area contributed by atoms with E-state index in [1.54, 1.807) is 55.7 Å². The topological polar surface area (TPSA) is 0 Å². The van der Waals surface area contributed by atoms with E-state index in [0.717, 1.165) is 0 Å². The Morgan fingerprint density at radius 1 is 0.500 bits per heavy atom. The van der Waals surface area contributed by atoms with Gasteiger partial charge < -0.3 is 0 Å². The third kappa shape index (κ3) is 3.73. The molecule has 2 aromatic carbocycles. The van der Waals surface area contributed by atoms with Gasteiger partial charge in [-0.1, -0.05) is 103 Å². The van der Waals surface area contributed by atoms with E-state index in [9.17, 15) is 0 Å². The lowest BCUT2D eigenvalue weighted by Gasteiger charge is -2.29. The van der Waals surface area contributed by atoms with E-state index in [0.29, 0.717) is 35.5 Å². The highest BCUT2D eigenvalue weighted by Crippen LogP contribution is 2.54. The molecule has 34 heavy (non-hydrogen) atoms. The van der Waals surface area contributed by atoms with Crippen LogP contribution in [0, 0.1) is 0 Å². The maximum atomic E-state index is 2.61. The van der Waals surface area contributed by atoms with E-state index >= 15 is 0 Å². The lowest BCUT2D eigenvalue weighted by Crippen LogP contribution is -2.13. The molecule has 2 atom stereocenters. The summed E-state index contributed by atoms with van der Waals surface area (Å²) in [6.07, 6.45) is 10.2. The Hall–Kier alpha value is -2.08. The van der Waals surface area contributed by atoms with Crippen LogP contribution in [-0.2, 0) is 0 Å². The van der Waals surface area contributed by atoms with Crippen molar-refractivity contribution in [2.75, 3.05) is 0 Å². The predicted molar refractivity (Wildman–Crippen MR) is 149 cm³/mol. The van der Waals surface area contributed by atoms with Crippen LogP contribution in [0.25, 0.3) is 12.2 Å². The molecule has 0 spiro atoms. The number of fused-ring (bicyclic) bond motifs is 6. The van der Waals surface area contributed by atoms with Crippen molar-refractivity contribution in [3.05, 3.63) is 79.9 Å². The third-order valence-corrected chi connectivity index (χ3v) is 8.90. The monoisotopic (exact) mass is 452 g/mol. The largest absolute Gasteiger partial charge is 0.0618 e. The summed E-state index contributed by atoms with van der Waals surface area (Å²) in [5.41, 5.74) is 16.2. The van der Waals surface area contributed by atoms with E-state index in [1.807, 2.05) is 0 Å². The summed E-state index contributed by atoms with van der Waals surface area (Å²) in [5, 5.41) is 0. The van der Waals surface area contributed by atoms with Crippen molar-refractivity contribution < 1.29 is 0 Å². The van der Waals surface area contributed by atoms with Gasteiger partial charge in [0.15, 0.2) is 0 Å². The lowest BCUT2D eigenvalue weighted by molar-refractivity contribution is 0.554. The smallest absolute Gasteiger partial charge is 0.00608 e. The summed E-state index contributed by atoms with van der Waals surface area (Å²) in [6, 6.07) is 9.75. The fraction of sp³-hybridized carbons (Fsp3) is 0.529. The van der Waals surface area contributed by atoms with E-state index in [1.165, 1.54) is 25.7 Å². The molecule has 0 radical (unpaired) electrons. The SMILES string of the molecule is CC(C)c1ccc(C(C)C)c2c1C=C1CCC3=Cc4c(C(C)C)ccc(C(C)C)c4C3CCC12. The molecule has 3 aliphatic carbocycles. The molecule has 0 heterocycles. The van der Waals surface area contributed by atoms with Gasteiger partial charge in [0.2, 0.25) is 0 Å². The Kier molecular flexibility index (Phi) is 6.16. The summed E-state index contributed by atoms with van der Waals surface area (Å²) in [7, 11) is 0. The molecule has 0 aliphatic heterocycles. The molecule has 2 unspecified atom stereocenters. The average Bonchev–Trinajstić information content (AvgIpc) is 3.30. The van der Waals surface area contributed by atoms with Gasteiger partial charge in [0.05, 0.1) is 0 Å². The molecule has 0 nitrogen and oxygen atoms in total. The molecule has 3 aliphatic rings. The van der Waals surface area contributed by atoms with Crippen LogP contribution in [-0.4, -0.2) is 0 Å². The molecule has 1 saturated carbocycles. The maximum Gasteiger partial charge on any atom is 0.00608 e. The highest BCUT2D eigenvalue weighted by Gasteiger charge is 2.37. The minimum atomic E-state index is 0.577. The minimum Gasteiger partial charge on any atom is -0.0618 e. The number of hydrogen-bond acceptors (Lipinski definition) is 0. The Labute approximate surface area is 208 Å². The molecular weight excluding hydrogens is 408 g/mol. The second kappa shape index (κ2) is 8.85. The summed E-state index contributed by atoms with van der Waals surface area (Å²) in [4.78, 5) is 0. The Morgan fingerprint density at radius 2 is 0.824 bits per heavy atom.